The molecular formula is C22H23ClF2N2O3. The van der Waals surface area contributed by atoms with Crippen LogP contribution in [-0.4, -0.2) is 29.4 Å². The number of carbonyl (C=O) groups excluding carboxylic acids is 1. The lowest BCUT2D eigenvalue weighted by Gasteiger charge is -2.41. The van der Waals surface area contributed by atoms with Crippen molar-refractivity contribution in [2.45, 2.75) is 37.6 Å². The van der Waals surface area contributed by atoms with Gasteiger partial charge in [0.25, 0.3) is 0 Å². The Morgan fingerprint density at radius 3 is 2.77 bits per heavy atom. The summed E-state index contributed by atoms with van der Waals surface area (Å²) in [6.45, 7) is 0.234. The molecule has 3 aliphatic carbocycles. The minimum Gasteiger partial charge on any atom is -0.489 e. The molecule has 3 saturated carbocycles. The standard InChI is InChI=1S/C22H23ClF2N2O3/c23-18-5-4-16(7-19(18)25)30-12-20(28)27-22-8-14(9-22)17(10-22)21(29)26-11-13-2-1-3-15(24)6-13/h1-7,14,17,20,27-28H,8-12H2,(H,26,29). The van der Waals surface area contributed by atoms with Crippen LogP contribution in [0, 0.1) is 23.5 Å². The predicted octanol–water partition coefficient (Wildman–Crippen LogP) is 3.39. The number of amides is 1. The maximum absolute atomic E-state index is 13.5. The Morgan fingerprint density at radius 2 is 2.03 bits per heavy atom. The van der Waals surface area contributed by atoms with Gasteiger partial charge in [0, 0.05) is 24.1 Å². The molecule has 0 aromatic heterocycles. The van der Waals surface area contributed by atoms with E-state index in [1.165, 1.54) is 30.3 Å². The van der Waals surface area contributed by atoms with Gasteiger partial charge in [0.1, 0.15) is 30.2 Å². The maximum Gasteiger partial charge on any atom is 0.223 e. The van der Waals surface area contributed by atoms with Crippen molar-refractivity contribution in [1.82, 2.24) is 10.6 Å². The highest BCUT2D eigenvalue weighted by atomic mass is 35.5. The Balaban J connectivity index is 1.24. The summed E-state index contributed by atoms with van der Waals surface area (Å²) < 4.78 is 32.2. The molecule has 5 rings (SSSR count). The quantitative estimate of drug-likeness (QED) is 0.555. The van der Waals surface area contributed by atoms with Crippen LogP contribution in [0.2, 0.25) is 5.02 Å². The van der Waals surface area contributed by atoms with E-state index in [1.54, 1.807) is 12.1 Å². The first-order chi connectivity index (χ1) is 14.3. The number of ether oxygens (including phenoxy) is 1. The molecular weight excluding hydrogens is 414 g/mol. The average Bonchev–Trinajstić information content (AvgIpc) is 3.23. The molecule has 2 bridgehead atoms. The zero-order valence-corrected chi connectivity index (χ0v) is 17.0. The normalized spacial score (nSPS) is 25.5. The molecule has 3 N–H and O–H groups in total. The highest BCUT2D eigenvalue weighted by molar-refractivity contribution is 6.30. The minimum absolute atomic E-state index is 0.00750. The lowest BCUT2D eigenvalue weighted by atomic mass is 9.76. The molecule has 2 atom stereocenters. The van der Waals surface area contributed by atoms with E-state index in [2.05, 4.69) is 10.6 Å². The molecule has 0 radical (unpaired) electrons. The molecule has 0 saturated heterocycles. The average molecular weight is 437 g/mol. The number of fused-ring (bicyclic) bond motifs is 1. The van der Waals surface area contributed by atoms with Crippen molar-refractivity contribution in [2.75, 3.05) is 6.61 Å². The summed E-state index contributed by atoms with van der Waals surface area (Å²) in [4.78, 5) is 12.6. The molecule has 1 amide bonds. The van der Waals surface area contributed by atoms with E-state index in [9.17, 15) is 18.7 Å². The summed E-state index contributed by atoms with van der Waals surface area (Å²) in [7, 11) is 0. The first-order valence-electron chi connectivity index (χ1n) is 9.89. The summed E-state index contributed by atoms with van der Waals surface area (Å²) >= 11 is 5.64. The van der Waals surface area contributed by atoms with Crippen LogP contribution in [0.1, 0.15) is 24.8 Å². The summed E-state index contributed by atoms with van der Waals surface area (Å²) in [5, 5.41) is 16.4. The molecule has 0 spiro atoms. The van der Waals surface area contributed by atoms with Crippen molar-refractivity contribution in [1.29, 1.82) is 0 Å². The summed E-state index contributed by atoms with van der Waals surface area (Å²) in [5.41, 5.74) is 0.423. The minimum atomic E-state index is -0.946. The largest absolute Gasteiger partial charge is 0.489 e. The van der Waals surface area contributed by atoms with Crippen LogP contribution >= 0.6 is 11.6 Å². The van der Waals surface area contributed by atoms with Gasteiger partial charge < -0.3 is 15.2 Å². The third kappa shape index (κ3) is 4.58. The van der Waals surface area contributed by atoms with Crippen molar-refractivity contribution >= 4 is 17.5 Å². The number of hydrogen-bond donors (Lipinski definition) is 3. The number of rotatable bonds is 8. The number of aliphatic hydroxyl groups excluding tert-OH is 1. The molecule has 160 valence electrons. The van der Waals surface area contributed by atoms with Gasteiger partial charge in [-0.05, 0) is 55.0 Å². The molecule has 30 heavy (non-hydrogen) atoms. The number of aliphatic hydroxyl groups is 1. The van der Waals surface area contributed by atoms with E-state index in [0.717, 1.165) is 12.8 Å². The van der Waals surface area contributed by atoms with Crippen molar-refractivity contribution in [3.8, 4) is 5.75 Å². The smallest absolute Gasteiger partial charge is 0.223 e. The van der Waals surface area contributed by atoms with Crippen LogP contribution < -0.4 is 15.4 Å². The molecule has 5 nitrogen and oxygen atoms in total. The number of hydrogen-bond acceptors (Lipinski definition) is 4. The fraction of sp³-hybridized carbons (Fsp3) is 0.409. The van der Waals surface area contributed by atoms with Gasteiger partial charge in [-0.3, -0.25) is 10.1 Å². The first kappa shape index (κ1) is 21.0. The van der Waals surface area contributed by atoms with Gasteiger partial charge in [0.15, 0.2) is 0 Å². The van der Waals surface area contributed by atoms with Crippen molar-refractivity contribution in [3.63, 3.8) is 0 Å². The molecule has 8 heteroatoms. The van der Waals surface area contributed by atoms with Gasteiger partial charge in [0.05, 0.1) is 5.02 Å². The molecule has 2 unspecified atom stereocenters. The number of halogens is 3. The lowest BCUT2D eigenvalue weighted by Crippen LogP contribution is -2.55. The van der Waals surface area contributed by atoms with Gasteiger partial charge in [0.2, 0.25) is 5.91 Å². The molecule has 3 fully saturated rings. The Bertz CT molecular complexity index is 936. The highest BCUT2D eigenvalue weighted by Crippen LogP contribution is 2.55. The van der Waals surface area contributed by atoms with E-state index in [-0.39, 0.29) is 53.0 Å². The molecule has 0 aliphatic heterocycles. The maximum atomic E-state index is 13.5. The second-order valence-electron chi connectivity index (χ2n) is 8.15. The number of benzene rings is 2. The van der Waals surface area contributed by atoms with Crippen molar-refractivity contribution in [3.05, 3.63) is 64.7 Å². The second kappa shape index (κ2) is 8.49. The van der Waals surface area contributed by atoms with E-state index in [1.807, 2.05) is 0 Å². The van der Waals surface area contributed by atoms with Gasteiger partial charge >= 0.3 is 0 Å². The third-order valence-corrected chi connectivity index (χ3v) is 6.26. The summed E-state index contributed by atoms with van der Waals surface area (Å²) in [5.74, 6) is -0.547. The first-order valence-corrected chi connectivity index (χ1v) is 10.3. The van der Waals surface area contributed by atoms with Crippen LogP contribution in [-0.2, 0) is 11.3 Å². The predicted molar refractivity (Wildman–Crippen MR) is 108 cm³/mol. The Kier molecular flexibility index (Phi) is 5.95. The highest BCUT2D eigenvalue weighted by Gasteiger charge is 2.58. The van der Waals surface area contributed by atoms with Crippen LogP contribution in [0.25, 0.3) is 0 Å². The molecule has 0 heterocycles. The zero-order chi connectivity index (χ0) is 21.3. The van der Waals surface area contributed by atoms with Crippen LogP contribution in [0.15, 0.2) is 42.5 Å². The molecule has 3 aliphatic rings. The second-order valence-corrected chi connectivity index (χ2v) is 8.56. The van der Waals surface area contributed by atoms with E-state index in [0.29, 0.717) is 12.0 Å². The van der Waals surface area contributed by atoms with E-state index >= 15 is 0 Å². The van der Waals surface area contributed by atoms with E-state index < -0.39 is 12.0 Å². The van der Waals surface area contributed by atoms with Crippen LogP contribution in [0.5, 0.6) is 5.75 Å². The van der Waals surface area contributed by atoms with Gasteiger partial charge in [-0.25, -0.2) is 8.78 Å². The van der Waals surface area contributed by atoms with Crippen molar-refractivity contribution < 1.29 is 23.4 Å². The van der Waals surface area contributed by atoms with Crippen molar-refractivity contribution in [2.24, 2.45) is 11.8 Å². The number of carbonyl (C=O) groups is 1. The Hall–Kier alpha value is -2.22. The fourth-order valence-electron chi connectivity index (χ4n) is 4.57. The SMILES string of the molecule is O=C(NCc1cccc(F)c1)C1CC2(NC(O)COc3ccc(Cl)c(F)c3)CC1C2. The monoisotopic (exact) mass is 436 g/mol. The van der Waals surface area contributed by atoms with Gasteiger partial charge in [-0.1, -0.05) is 23.7 Å². The lowest BCUT2D eigenvalue weighted by molar-refractivity contribution is -0.125. The summed E-state index contributed by atoms with van der Waals surface area (Å²) in [6.07, 6.45) is 1.29. The molecule has 2 aromatic carbocycles. The Labute approximate surface area is 178 Å². The third-order valence-electron chi connectivity index (χ3n) is 5.95. The van der Waals surface area contributed by atoms with Gasteiger partial charge in [-0.2, -0.15) is 0 Å². The summed E-state index contributed by atoms with van der Waals surface area (Å²) in [6, 6.07) is 10.2. The number of nitrogens with one attached hydrogen (secondary N) is 2. The Morgan fingerprint density at radius 1 is 1.23 bits per heavy atom. The van der Waals surface area contributed by atoms with Crippen LogP contribution in [0.3, 0.4) is 0 Å². The van der Waals surface area contributed by atoms with Crippen LogP contribution in [0.4, 0.5) is 8.78 Å². The van der Waals surface area contributed by atoms with Gasteiger partial charge in [-0.15, -0.1) is 0 Å². The molecule has 2 aromatic rings. The fourth-order valence-corrected chi connectivity index (χ4v) is 4.69. The van der Waals surface area contributed by atoms with E-state index in [4.69, 9.17) is 16.3 Å². The zero-order valence-electron chi connectivity index (χ0n) is 16.2. The topological polar surface area (TPSA) is 70.6 Å².